The summed E-state index contributed by atoms with van der Waals surface area (Å²) in [5.41, 5.74) is 3.26. The highest BCUT2D eigenvalue weighted by atomic mass is 32.1. The molecular weight excluding hydrogens is 208 g/mol. The lowest BCUT2D eigenvalue weighted by atomic mass is 11.0. The molecule has 0 aromatic carbocycles. The maximum Gasteiger partial charge on any atom is 0.232 e. The highest BCUT2D eigenvalue weighted by molar-refractivity contribution is 7.13. The van der Waals surface area contributed by atoms with E-state index in [1.165, 1.54) is 29.0 Å². The molecule has 13 heavy (non-hydrogen) atoms. The highest BCUT2D eigenvalue weighted by Gasteiger charge is 1.92. The van der Waals surface area contributed by atoms with Gasteiger partial charge in [-0.05, 0) is 0 Å². The summed E-state index contributed by atoms with van der Waals surface area (Å²) >= 11 is 2.77. The standard InChI is InChI=1S/C5H4N6S2/c1(6-4-10-8-2-12-4)7-5-11-9-3-13-5/h1-3H,(H,6,7,10,11). The molecule has 2 rings (SSSR count). The molecule has 0 unspecified atom stereocenters. The molecule has 66 valence electrons. The molecule has 0 atom stereocenters. The predicted octanol–water partition coefficient (Wildman–Crippen LogP) is 1.16. The van der Waals surface area contributed by atoms with Crippen LogP contribution in [0.15, 0.2) is 16.0 Å². The van der Waals surface area contributed by atoms with Gasteiger partial charge in [0.2, 0.25) is 10.3 Å². The van der Waals surface area contributed by atoms with Gasteiger partial charge in [0.15, 0.2) is 0 Å². The van der Waals surface area contributed by atoms with Gasteiger partial charge >= 0.3 is 0 Å². The molecule has 1 N–H and O–H groups in total. The summed E-state index contributed by atoms with van der Waals surface area (Å²) in [5, 5.41) is 19.0. The van der Waals surface area contributed by atoms with Gasteiger partial charge in [0.25, 0.3) is 0 Å². The van der Waals surface area contributed by atoms with Crippen molar-refractivity contribution in [3.05, 3.63) is 11.0 Å². The second-order valence-electron chi connectivity index (χ2n) is 1.87. The monoisotopic (exact) mass is 212 g/mol. The summed E-state index contributed by atoms with van der Waals surface area (Å²) in [7, 11) is 0. The average Bonchev–Trinajstić information content (AvgIpc) is 2.75. The second-order valence-corrected chi connectivity index (χ2v) is 3.51. The minimum Gasteiger partial charge on any atom is -0.321 e. The number of nitrogens with one attached hydrogen (secondary N) is 1. The smallest absolute Gasteiger partial charge is 0.232 e. The Bertz CT molecular complexity index is 366. The summed E-state index contributed by atoms with van der Waals surface area (Å²) in [6.45, 7) is 0. The molecule has 0 spiro atoms. The van der Waals surface area contributed by atoms with E-state index in [0.717, 1.165) is 0 Å². The normalized spacial score (nSPS) is 10.8. The van der Waals surface area contributed by atoms with Crippen LogP contribution in [0.2, 0.25) is 0 Å². The van der Waals surface area contributed by atoms with Gasteiger partial charge in [-0.15, -0.1) is 20.4 Å². The first-order valence-corrected chi connectivity index (χ1v) is 5.02. The fourth-order valence-corrected chi connectivity index (χ4v) is 1.41. The fourth-order valence-electron chi connectivity index (χ4n) is 0.602. The molecular formula is C5H4N6S2. The molecule has 0 bridgehead atoms. The van der Waals surface area contributed by atoms with Gasteiger partial charge in [-0.3, -0.25) is 0 Å². The van der Waals surface area contributed by atoms with Gasteiger partial charge in [-0.25, -0.2) is 4.99 Å². The Kier molecular flexibility index (Phi) is 2.53. The Morgan fingerprint density at radius 1 is 1.23 bits per heavy atom. The average molecular weight is 212 g/mol. The van der Waals surface area contributed by atoms with Crippen molar-refractivity contribution in [3.8, 4) is 0 Å². The second kappa shape index (κ2) is 4.01. The van der Waals surface area contributed by atoms with E-state index in [9.17, 15) is 0 Å². The minimum atomic E-state index is 0.608. The van der Waals surface area contributed by atoms with Crippen LogP contribution in [-0.4, -0.2) is 26.7 Å². The van der Waals surface area contributed by atoms with Crippen molar-refractivity contribution < 1.29 is 0 Å². The van der Waals surface area contributed by atoms with Crippen molar-refractivity contribution >= 4 is 39.3 Å². The quantitative estimate of drug-likeness (QED) is 0.610. The number of rotatable bonds is 3. The highest BCUT2D eigenvalue weighted by Crippen LogP contribution is 2.12. The van der Waals surface area contributed by atoms with Crippen LogP contribution in [0, 0.1) is 0 Å². The zero-order valence-corrected chi connectivity index (χ0v) is 7.92. The summed E-state index contributed by atoms with van der Waals surface area (Å²) in [6, 6.07) is 0. The van der Waals surface area contributed by atoms with E-state index >= 15 is 0 Å². The molecule has 2 heterocycles. The molecule has 0 saturated heterocycles. The molecule has 0 aliphatic carbocycles. The Labute approximate surface area is 81.4 Å². The molecule has 2 aromatic rings. The fraction of sp³-hybridized carbons (Fsp3) is 0. The largest absolute Gasteiger partial charge is 0.321 e. The summed E-state index contributed by atoms with van der Waals surface area (Å²) in [5.74, 6) is 0. The summed E-state index contributed by atoms with van der Waals surface area (Å²) < 4.78 is 0. The summed E-state index contributed by atoms with van der Waals surface area (Å²) in [4.78, 5) is 3.99. The van der Waals surface area contributed by atoms with E-state index in [0.29, 0.717) is 10.3 Å². The third kappa shape index (κ3) is 2.26. The lowest BCUT2D eigenvalue weighted by molar-refractivity contribution is 1.08. The number of hydrogen-bond donors (Lipinski definition) is 1. The molecule has 0 radical (unpaired) electrons. The lowest BCUT2D eigenvalue weighted by Gasteiger charge is -1.87. The van der Waals surface area contributed by atoms with Crippen LogP contribution in [-0.2, 0) is 0 Å². The molecule has 6 nitrogen and oxygen atoms in total. The van der Waals surface area contributed by atoms with Crippen LogP contribution >= 0.6 is 22.7 Å². The van der Waals surface area contributed by atoms with Crippen LogP contribution in [0.4, 0.5) is 10.3 Å². The third-order valence-electron chi connectivity index (χ3n) is 1.07. The minimum absolute atomic E-state index is 0.608. The van der Waals surface area contributed by atoms with Crippen molar-refractivity contribution in [2.45, 2.75) is 0 Å². The molecule has 0 aliphatic heterocycles. The van der Waals surface area contributed by atoms with Crippen molar-refractivity contribution in [2.75, 3.05) is 5.32 Å². The van der Waals surface area contributed by atoms with Crippen molar-refractivity contribution in [1.29, 1.82) is 0 Å². The molecule has 0 saturated carbocycles. The molecule has 0 aliphatic rings. The molecule has 0 amide bonds. The zero-order valence-electron chi connectivity index (χ0n) is 6.28. The maximum absolute atomic E-state index is 3.99. The van der Waals surface area contributed by atoms with E-state index in [1.807, 2.05) is 0 Å². The Morgan fingerprint density at radius 2 is 2.08 bits per heavy atom. The zero-order chi connectivity index (χ0) is 8.93. The van der Waals surface area contributed by atoms with Crippen LogP contribution in [0.1, 0.15) is 0 Å². The van der Waals surface area contributed by atoms with E-state index in [4.69, 9.17) is 0 Å². The SMILES string of the molecule is C(=Nc1nncs1)Nc1nncs1. The summed E-state index contributed by atoms with van der Waals surface area (Å²) in [6.07, 6.45) is 1.51. The molecule has 0 fully saturated rings. The van der Waals surface area contributed by atoms with Crippen molar-refractivity contribution in [3.63, 3.8) is 0 Å². The van der Waals surface area contributed by atoms with Gasteiger partial charge < -0.3 is 5.32 Å². The first kappa shape index (κ1) is 8.20. The Morgan fingerprint density at radius 3 is 2.77 bits per heavy atom. The van der Waals surface area contributed by atoms with Crippen LogP contribution in [0.3, 0.4) is 0 Å². The van der Waals surface area contributed by atoms with E-state index in [2.05, 4.69) is 30.7 Å². The predicted molar refractivity (Wildman–Crippen MR) is 51.6 cm³/mol. The van der Waals surface area contributed by atoms with E-state index in [-0.39, 0.29) is 0 Å². The van der Waals surface area contributed by atoms with Crippen LogP contribution < -0.4 is 5.32 Å². The first-order chi connectivity index (χ1) is 6.45. The number of anilines is 1. The molecule has 2 aromatic heterocycles. The van der Waals surface area contributed by atoms with Gasteiger partial charge in [-0.1, -0.05) is 22.7 Å². The maximum atomic E-state index is 3.99. The third-order valence-corrected chi connectivity index (χ3v) is 2.29. The van der Waals surface area contributed by atoms with Gasteiger partial charge in [0.1, 0.15) is 11.0 Å². The van der Waals surface area contributed by atoms with Crippen LogP contribution in [0.5, 0.6) is 0 Å². The van der Waals surface area contributed by atoms with Gasteiger partial charge in [0.05, 0.1) is 6.34 Å². The van der Waals surface area contributed by atoms with E-state index < -0.39 is 0 Å². The Balaban J connectivity index is 1.93. The number of nitrogens with zero attached hydrogens (tertiary/aromatic N) is 5. The Hall–Kier alpha value is -1.41. The van der Waals surface area contributed by atoms with Gasteiger partial charge in [0, 0.05) is 0 Å². The van der Waals surface area contributed by atoms with Crippen LogP contribution in [0.25, 0.3) is 0 Å². The van der Waals surface area contributed by atoms with Crippen molar-refractivity contribution in [2.24, 2.45) is 4.99 Å². The number of aromatic nitrogens is 4. The number of hydrogen-bond acceptors (Lipinski definition) is 7. The van der Waals surface area contributed by atoms with Crippen molar-refractivity contribution in [1.82, 2.24) is 20.4 Å². The lowest BCUT2D eigenvalue weighted by Crippen LogP contribution is -1.92. The van der Waals surface area contributed by atoms with E-state index in [1.54, 1.807) is 11.0 Å². The topological polar surface area (TPSA) is 76.0 Å². The van der Waals surface area contributed by atoms with Gasteiger partial charge in [-0.2, -0.15) is 0 Å². The number of aliphatic imine (C=N–C) groups is 1. The first-order valence-electron chi connectivity index (χ1n) is 3.26. The molecule has 8 heteroatoms.